The number of aromatic nitrogens is 3. The van der Waals surface area contributed by atoms with Gasteiger partial charge in [-0.15, -0.1) is 0 Å². The van der Waals surface area contributed by atoms with Gasteiger partial charge in [0.05, 0.1) is 35.6 Å². The number of nitrogens with zero attached hydrogens (tertiary/aromatic N) is 4. The Labute approximate surface area is 238 Å². The Bertz CT molecular complexity index is 1470. The first-order valence-electron chi connectivity index (χ1n) is 13.0. The van der Waals surface area contributed by atoms with Gasteiger partial charge in [0.1, 0.15) is 11.6 Å². The molecular weight excluding hydrogens is 564 g/mol. The van der Waals surface area contributed by atoms with Gasteiger partial charge in [-0.05, 0) is 48.5 Å². The van der Waals surface area contributed by atoms with Gasteiger partial charge in [0.2, 0.25) is 0 Å². The number of hydrogen-bond donors (Lipinski definition) is 1. The van der Waals surface area contributed by atoms with Gasteiger partial charge in [0.25, 0.3) is 0 Å². The average Bonchev–Trinajstić information content (AvgIpc) is 2.96. The number of ether oxygens (including phenoxy) is 2. The molecule has 0 saturated heterocycles. The standard InChI is InChI=1S/C29H29F6N5O2/c1-41-16-14-40(15-17-42-2)13-11-25-38-24-18-19(26-23(29(33,34)35)4-3-12-36-26)5-10-22(24)27(39-25)37-21-8-6-20(7-9-21)28(30,31)32/h3-10,12,18H,11,13-17H2,1-2H3,(H,37,38,39). The van der Waals surface area contributed by atoms with Crippen LogP contribution in [0.3, 0.4) is 0 Å². The lowest BCUT2D eigenvalue weighted by atomic mass is 10.0. The number of methoxy groups -OCH3 is 2. The van der Waals surface area contributed by atoms with E-state index in [1.807, 2.05) is 0 Å². The molecule has 0 amide bonds. The van der Waals surface area contributed by atoms with Crippen LogP contribution in [-0.4, -0.2) is 66.9 Å². The van der Waals surface area contributed by atoms with E-state index in [0.717, 1.165) is 18.2 Å². The van der Waals surface area contributed by atoms with Crippen molar-refractivity contribution in [3.05, 3.63) is 77.7 Å². The Morgan fingerprint density at radius 3 is 2.12 bits per heavy atom. The largest absolute Gasteiger partial charge is 0.418 e. The van der Waals surface area contributed by atoms with Gasteiger partial charge in [0.15, 0.2) is 0 Å². The Kier molecular flexibility index (Phi) is 9.97. The molecule has 4 aromatic rings. The van der Waals surface area contributed by atoms with Crippen LogP contribution in [0.15, 0.2) is 60.8 Å². The molecule has 4 rings (SSSR count). The zero-order valence-electron chi connectivity index (χ0n) is 22.9. The highest BCUT2D eigenvalue weighted by Crippen LogP contribution is 2.37. The molecule has 0 aliphatic heterocycles. The van der Waals surface area contributed by atoms with E-state index in [1.165, 1.54) is 36.5 Å². The lowest BCUT2D eigenvalue weighted by Gasteiger charge is -2.21. The van der Waals surface area contributed by atoms with Gasteiger partial charge in [-0.3, -0.25) is 9.88 Å². The topological polar surface area (TPSA) is 72.4 Å². The summed E-state index contributed by atoms with van der Waals surface area (Å²) in [6.07, 6.45) is -7.43. The summed E-state index contributed by atoms with van der Waals surface area (Å²) >= 11 is 0. The summed E-state index contributed by atoms with van der Waals surface area (Å²) in [7, 11) is 3.20. The molecular formula is C29H29F6N5O2. The second kappa shape index (κ2) is 13.4. The second-order valence-electron chi connectivity index (χ2n) is 9.40. The molecule has 7 nitrogen and oxygen atoms in total. The van der Waals surface area contributed by atoms with E-state index in [4.69, 9.17) is 9.47 Å². The molecule has 0 aliphatic carbocycles. The first-order valence-corrected chi connectivity index (χ1v) is 13.0. The van der Waals surface area contributed by atoms with Crippen molar-refractivity contribution in [3.63, 3.8) is 0 Å². The van der Waals surface area contributed by atoms with Crippen molar-refractivity contribution in [3.8, 4) is 11.3 Å². The van der Waals surface area contributed by atoms with E-state index in [1.54, 1.807) is 20.3 Å². The number of halogens is 6. The van der Waals surface area contributed by atoms with Gasteiger partial charge in [0, 0.05) is 63.1 Å². The van der Waals surface area contributed by atoms with Crippen LogP contribution in [-0.2, 0) is 28.2 Å². The maximum Gasteiger partial charge on any atom is 0.418 e. The fourth-order valence-corrected chi connectivity index (χ4v) is 4.31. The highest BCUT2D eigenvalue weighted by atomic mass is 19.4. The molecule has 2 heterocycles. The third-order valence-corrected chi connectivity index (χ3v) is 6.48. The van der Waals surface area contributed by atoms with Gasteiger partial charge in [-0.2, -0.15) is 26.3 Å². The van der Waals surface area contributed by atoms with Crippen LogP contribution in [0.1, 0.15) is 17.0 Å². The SMILES string of the molecule is COCCN(CCOC)CCc1nc(Nc2ccc(C(F)(F)F)cc2)c2ccc(-c3ncccc3C(F)(F)F)cc2n1. The van der Waals surface area contributed by atoms with Crippen LogP contribution >= 0.6 is 0 Å². The van der Waals surface area contributed by atoms with E-state index < -0.39 is 23.5 Å². The van der Waals surface area contributed by atoms with E-state index in [0.29, 0.717) is 67.5 Å². The summed E-state index contributed by atoms with van der Waals surface area (Å²) in [5.74, 6) is 0.699. The normalized spacial score (nSPS) is 12.3. The zero-order chi connectivity index (χ0) is 30.3. The zero-order valence-corrected chi connectivity index (χ0v) is 22.9. The number of pyridine rings is 1. The second-order valence-corrected chi connectivity index (χ2v) is 9.40. The minimum Gasteiger partial charge on any atom is -0.383 e. The summed E-state index contributed by atoms with van der Waals surface area (Å²) < 4.78 is 90.7. The monoisotopic (exact) mass is 593 g/mol. The van der Waals surface area contributed by atoms with Crippen LogP contribution in [0.5, 0.6) is 0 Å². The molecule has 0 atom stereocenters. The summed E-state index contributed by atoms with van der Waals surface area (Å²) in [5.41, 5.74) is -1.01. The van der Waals surface area contributed by atoms with E-state index in [9.17, 15) is 26.3 Å². The minimum atomic E-state index is -4.61. The number of alkyl halides is 6. The molecule has 0 bridgehead atoms. The minimum absolute atomic E-state index is 0.211. The Morgan fingerprint density at radius 1 is 0.810 bits per heavy atom. The lowest BCUT2D eigenvalue weighted by molar-refractivity contribution is -0.138. The summed E-state index contributed by atoms with van der Waals surface area (Å²) in [6.45, 7) is 2.80. The van der Waals surface area contributed by atoms with Crippen molar-refractivity contribution in [2.24, 2.45) is 0 Å². The molecule has 0 radical (unpaired) electrons. The highest BCUT2D eigenvalue weighted by molar-refractivity contribution is 5.93. The highest BCUT2D eigenvalue weighted by Gasteiger charge is 2.34. The number of nitrogens with one attached hydrogen (secondary N) is 1. The van der Waals surface area contributed by atoms with Crippen molar-refractivity contribution < 1.29 is 35.8 Å². The van der Waals surface area contributed by atoms with Crippen LogP contribution in [0.25, 0.3) is 22.2 Å². The van der Waals surface area contributed by atoms with Crippen LogP contribution in [0.2, 0.25) is 0 Å². The molecule has 2 aromatic carbocycles. The maximum atomic E-state index is 13.7. The van der Waals surface area contributed by atoms with Gasteiger partial charge in [-0.25, -0.2) is 9.97 Å². The molecule has 0 fully saturated rings. The predicted octanol–water partition coefficient (Wildman–Crippen LogP) is 6.61. The molecule has 0 aliphatic rings. The summed E-state index contributed by atoms with van der Waals surface area (Å²) in [5, 5.41) is 3.52. The van der Waals surface area contributed by atoms with Crippen LogP contribution in [0.4, 0.5) is 37.8 Å². The Hall–Kier alpha value is -3.81. The van der Waals surface area contributed by atoms with Crippen molar-refractivity contribution in [1.82, 2.24) is 19.9 Å². The van der Waals surface area contributed by atoms with E-state index in [-0.39, 0.29) is 11.3 Å². The van der Waals surface area contributed by atoms with Crippen LogP contribution in [0, 0.1) is 0 Å². The quantitative estimate of drug-likeness (QED) is 0.185. The molecule has 224 valence electrons. The number of hydrogen-bond acceptors (Lipinski definition) is 7. The van der Waals surface area contributed by atoms with Crippen molar-refractivity contribution in [1.29, 1.82) is 0 Å². The molecule has 0 spiro atoms. The van der Waals surface area contributed by atoms with Gasteiger partial charge < -0.3 is 14.8 Å². The Morgan fingerprint density at radius 2 is 1.50 bits per heavy atom. The summed E-state index contributed by atoms with van der Waals surface area (Å²) in [6, 6.07) is 11.2. The number of rotatable bonds is 12. The molecule has 0 saturated carbocycles. The van der Waals surface area contributed by atoms with Crippen molar-refractivity contribution >= 4 is 22.4 Å². The van der Waals surface area contributed by atoms with Crippen molar-refractivity contribution in [2.75, 3.05) is 52.4 Å². The first kappa shape index (κ1) is 31.1. The predicted molar refractivity (Wildman–Crippen MR) is 146 cm³/mol. The number of benzene rings is 2. The third-order valence-electron chi connectivity index (χ3n) is 6.48. The molecule has 0 unspecified atom stereocenters. The third kappa shape index (κ3) is 7.93. The fourth-order valence-electron chi connectivity index (χ4n) is 4.31. The lowest BCUT2D eigenvalue weighted by Crippen LogP contribution is -2.32. The first-order chi connectivity index (χ1) is 20.0. The molecule has 1 N–H and O–H groups in total. The number of fused-ring (bicyclic) bond motifs is 1. The smallest absolute Gasteiger partial charge is 0.383 e. The maximum absolute atomic E-state index is 13.7. The fraction of sp³-hybridized carbons (Fsp3) is 0.345. The average molecular weight is 594 g/mol. The molecule has 13 heteroatoms. The number of anilines is 2. The van der Waals surface area contributed by atoms with E-state index in [2.05, 4.69) is 25.2 Å². The van der Waals surface area contributed by atoms with E-state index >= 15 is 0 Å². The van der Waals surface area contributed by atoms with Gasteiger partial charge >= 0.3 is 12.4 Å². The van der Waals surface area contributed by atoms with Gasteiger partial charge in [-0.1, -0.05) is 6.07 Å². The molecule has 2 aromatic heterocycles. The van der Waals surface area contributed by atoms with Crippen molar-refractivity contribution in [2.45, 2.75) is 18.8 Å². The van der Waals surface area contributed by atoms with Crippen LogP contribution < -0.4 is 5.32 Å². The Balaban J connectivity index is 1.74. The summed E-state index contributed by atoms with van der Waals surface area (Å²) in [4.78, 5) is 15.3. The molecule has 42 heavy (non-hydrogen) atoms.